The Hall–Kier alpha value is -1.62. The first-order valence-corrected chi connectivity index (χ1v) is 7.02. The quantitative estimate of drug-likeness (QED) is 0.584. The molecule has 20 heavy (non-hydrogen) atoms. The number of methoxy groups -OCH3 is 1. The largest absolute Gasteiger partial charge is 0.490 e. The van der Waals surface area contributed by atoms with Crippen LogP contribution in [0.1, 0.15) is 39.2 Å². The van der Waals surface area contributed by atoms with Gasteiger partial charge in [0.05, 0.1) is 12.0 Å². The lowest BCUT2D eigenvalue weighted by molar-refractivity contribution is -0.385. The molecule has 0 heterocycles. The number of rotatable bonds is 8. The Morgan fingerprint density at radius 1 is 1.40 bits per heavy atom. The van der Waals surface area contributed by atoms with Gasteiger partial charge in [0.25, 0.3) is 0 Å². The third-order valence-electron chi connectivity index (χ3n) is 3.55. The zero-order chi connectivity index (χ0) is 15.1. The van der Waals surface area contributed by atoms with Crippen molar-refractivity contribution in [2.45, 2.75) is 46.2 Å². The molecule has 1 aromatic rings. The molecule has 0 saturated carbocycles. The van der Waals surface area contributed by atoms with Gasteiger partial charge in [-0.15, -0.1) is 0 Å². The average Bonchev–Trinajstić information content (AvgIpc) is 2.44. The number of benzene rings is 1. The molecule has 0 amide bonds. The molecule has 5 heteroatoms. The summed E-state index contributed by atoms with van der Waals surface area (Å²) >= 11 is 0. The van der Waals surface area contributed by atoms with Crippen molar-refractivity contribution in [2.24, 2.45) is 5.92 Å². The number of hydrogen-bond acceptors (Lipinski definition) is 4. The molecule has 2 atom stereocenters. The fraction of sp³-hybridized carbons (Fsp3) is 0.600. The van der Waals surface area contributed by atoms with Crippen LogP contribution in [0.5, 0.6) is 5.75 Å². The highest BCUT2D eigenvalue weighted by molar-refractivity contribution is 5.48. The van der Waals surface area contributed by atoms with Crippen molar-refractivity contribution in [3.05, 3.63) is 33.9 Å². The van der Waals surface area contributed by atoms with Crippen molar-refractivity contribution in [2.75, 3.05) is 7.11 Å². The second kappa shape index (κ2) is 7.85. The highest BCUT2D eigenvalue weighted by Crippen LogP contribution is 2.27. The molecule has 2 unspecified atom stereocenters. The summed E-state index contributed by atoms with van der Waals surface area (Å²) in [5.41, 5.74) is 0.912. The Bertz CT molecular complexity index is 449. The number of nitro groups is 1. The lowest BCUT2D eigenvalue weighted by atomic mass is 10.0. The molecule has 0 aliphatic rings. The Morgan fingerprint density at radius 2 is 2.10 bits per heavy atom. The summed E-state index contributed by atoms with van der Waals surface area (Å²) < 4.78 is 4.99. The van der Waals surface area contributed by atoms with Crippen molar-refractivity contribution in [1.82, 2.24) is 5.32 Å². The number of nitrogens with one attached hydrogen (secondary N) is 1. The monoisotopic (exact) mass is 280 g/mol. The van der Waals surface area contributed by atoms with Crippen molar-refractivity contribution >= 4 is 5.69 Å². The average molecular weight is 280 g/mol. The Labute approximate surface area is 120 Å². The molecule has 0 radical (unpaired) electrons. The summed E-state index contributed by atoms with van der Waals surface area (Å²) in [6, 6.07) is 5.47. The van der Waals surface area contributed by atoms with Gasteiger partial charge < -0.3 is 10.1 Å². The van der Waals surface area contributed by atoms with E-state index in [1.54, 1.807) is 12.1 Å². The minimum atomic E-state index is -0.412. The van der Waals surface area contributed by atoms with Crippen LogP contribution >= 0.6 is 0 Å². The van der Waals surface area contributed by atoms with E-state index in [-0.39, 0.29) is 5.69 Å². The summed E-state index contributed by atoms with van der Waals surface area (Å²) in [5.74, 6) is 0.981. The van der Waals surface area contributed by atoms with Crippen LogP contribution in [-0.4, -0.2) is 18.1 Å². The fourth-order valence-electron chi connectivity index (χ4n) is 2.13. The smallest absolute Gasteiger partial charge is 0.311 e. The van der Waals surface area contributed by atoms with Gasteiger partial charge in [0.1, 0.15) is 0 Å². The Morgan fingerprint density at radius 3 is 2.65 bits per heavy atom. The molecule has 0 aliphatic heterocycles. The molecule has 1 rings (SSSR count). The van der Waals surface area contributed by atoms with Crippen LogP contribution in [0.15, 0.2) is 18.2 Å². The predicted molar refractivity (Wildman–Crippen MR) is 80.0 cm³/mol. The third kappa shape index (κ3) is 4.81. The molecule has 0 spiro atoms. The van der Waals surface area contributed by atoms with Gasteiger partial charge in [0.2, 0.25) is 0 Å². The summed E-state index contributed by atoms with van der Waals surface area (Å²) in [6.45, 7) is 7.19. The van der Waals surface area contributed by atoms with Gasteiger partial charge >= 0.3 is 5.69 Å². The maximum absolute atomic E-state index is 11.0. The van der Waals surface area contributed by atoms with E-state index < -0.39 is 4.92 Å². The second-order valence-corrected chi connectivity index (χ2v) is 5.29. The highest BCUT2D eigenvalue weighted by Gasteiger charge is 2.15. The predicted octanol–water partition coefficient (Wildman–Crippen LogP) is 3.52. The molecule has 1 aromatic carbocycles. The van der Waals surface area contributed by atoms with Gasteiger partial charge in [0, 0.05) is 18.7 Å². The van der Waals surface area contributed by atoms with Crippen LogP contribution in [0.4, 0.5) is 5.69 Å². The van der Waals surface area contributed by atoms with E-state index in [0.717, 1.165) is 12.0 Å². The first kappa shape index (κ1) is 16.4. The third-order valence-corrected chi connectivity index (χ3v) is 3.55. The van der Waals surface area contributed by atoms with Crippen molar-refractivity contribution in [3.8, 4) is 5.75 Å². The van der Waals surface area contributed by atoms with Crippen molar-refractivity contribution < 1.29 is 9.66 Å². The number of nitrogens with zero attached hydrogens (tertiary/aromatic N) is 1. The number of nitro benzene ring substituents is 1. The minimum Gasteiger partial charge on any atom is -0.490 e. The van der Waals surface area contributed by atoms with Gasteiger partial charge in [-0.25, -0.2) is 0 Å². The molecule has 0 saturated heterocycles. The van der Waals surface area contributed by atoms with Crippen molar-refractivity contribution in [1.29, 1.82) is 0 Å². The summed E-state index contributed by atoms with van der Waals surface area (Å²) in [6.07, 6.45) is 2.27. The zero-order valence-corrected chi connectivity index (χ0v) is 12.7. The number of hydrogen-bond donors (Lipinski definition) is 1. The molecule has 5 nitrogen and oxygen atoms in total. The maximum Gasteiger partial charge on any atom is 0.311 e. The van der Waals surface area contributed by atoms with Crippen LogP contribution in [0.2, 0.25) is 0 Å². The van der Waals surface area contributed by atoms with E-state index in [9.17, 15) is 10.1 Å². The van der Waals surface area contributed by atoms with Gasteiger partial charge in [-0.3, -0.25) is 10.1 Å². The summed E-state index contributed by atoms with van der Waals surface area (Å²) in [4.78, 5) is 10.5. The molecule has 1 N–H and O–H groups in total. The molecule has 0 bridgehead atoms. The van der Waals surface area contributed by atoms with Gasteiger partial charge in [-0.2, -0.15) is 0 Å². The van der Waals surface area contributed by atoms with Crippen LogP contribution in [0.3, 0.4) is 0 Å². The van der Waals surface area contributed by atoms with Crippen LogP contribution in [0, 0.1) is 16.0 Å². The minimum absolute atomic E-state index is 0.0152. The van der Waals surface area contributed by atoms with Crippen LogP contribution in [-0.2, 0) is 6.54 Å². The van der Waals surface area contributed by atoms with Gasteiger partial charge in [0.15, 0.2) is 5.75 Å². The van der Waals surface area contributed by atoms with Gasteiger partial charge in [-0.1, -0.05) is 26.3 Å². The van der Waals surface area contributed by atoms with Crippen LogP contribution in [0.25, 0.3) is 0 Å². The summed E-state index contributed by atoms with van der Waals surface area (Å²) in [5, 5.41) is 14.4. The maximum atomic E-state index is 11.0. The molecule has 0 aromatic heterocycles. The molecule has 112 valence electrons. The van der Waals surface area contributed by atoms with E-state index >= 15 is 0 Å². The Balaban J connectivity index is 2.64. The first-order chi connectivity index (χ1) is 9.47. The topological polar surface area (TPSA) is 64.4 Å². The standard InChI is InChI=1S/C15H24N2O3/c1-5-11(2)8-12(3)16-10-13-6-7-15(20-4)14(9-13)17(18)19/h6-7,9,11-12,16H,5,8,10H2,1-4H3. The lowest BCUT2D eigenvalue weighted by Crippen LogP contribution is -2.27. The fourth-order valence-corrected chi connectivity index (χ4v) is 2.13. The first-order valence-electron chi connectivity index (χ1n) is 7.02. The Kier molecular flexibility index (Phi) is 6.45. The van der Waals surface area contributed by atoms with E-state index in [2.05, 4.69) is 26.1 Å². The van der Waals surface area contributed by atoms with E-state index in [0.29, 0.717) is 24.3 Å². The van der Waals surface area contributed by atoms with Crippen LogP contribution < -0.4 is 10.1 Å². The highest BCUT2D eigenvalue weighted by atomic mass is 16.6. The van der Waals surface area contributed by atoms with E-state index in [1.807, 2.05) is 6.07 Å². The molecule has 0 aliphatic carbocycles. The summed E-state index contributed by atoms with van der Waals surface area (Å²) in [7, 11) is 1.44. The normalized spacial score (nSPS) is 13.8. The zero-order valence-electron chi connectivity index (χ0n) is 12.7. The molecule has 0 fully saturated rings. The molecular formula is C15H24N2O3. The van der Waals surface area contributed by atoms with E-state index in [1.165, 1.54) is 13.5 Å². The second-order valence-electron chi connectivity index (χ2n) is 5.29. The van der Waals surface area contributed by atoms with Gasteiger partial charge in [-0.05, 0) is 30.9 Å². The van der Waals surface area contributed by atoms with E-state index in [4.69, 9.17) is 4.74 Å². The van der Waals surface area contributed by atoms with Crippen molar-refractivity contribution in [3.63, 3.8) is 0 Å². The number of ether oxygens (including phenoxy) is 1. The molecular weight excluding hydrogens is 256 g/mol. The SMILES string of the molecule is CCC(C)CC(C)NCc1ccc(OC)c([N+](=O)[O-])c1. The lowest BCUT2D eigenvalue weighted by Gasteiger charge is -2.17.